The molecule has 2 aromatic heterocycles. The molecule has 1 aromatic carbocycles. The maximum Gasteiger partial charge on any atom is 0.255 e. The smallest absolute Gasteiger partial charge is 0.255 e. The summed E-state index contributed by atoms with van der Waals surface area (Å²) in [6, 6.07) is 5.03. The van der Waals surface area contributed by atoms with E-state index in [4.69, 9.17) is 0 Å². The van der Waals surface area contributed by atoms with Gasteiger partial charge in [-0.1, -0.05) is 6.07 Å². The van der Waals surface area contributed by atoms with Crippen molar-refractivity contribution in [2.45, 2.75) is 25.4 Å². The summed E-state index contributed by atoms with van der Waals surface area (Å²) in [6.07, 6.45) is 7.60. The first-order valence-electron chi connectivity index (χ1n) is 8.67. The molecule has 2 aliphatic heterocycles. The Bertz CT molecular complexity index is 1120. The maximum atomic E-state index is 12.8. The summed E-state index contributed by atoms with van der Waals surface area (Å²) in [5, 5.41) is 2.32. The lowest BCUT2D eigenvalue weighted by Crippen LogP contribution is -2.52. The highest BCUT2D eigenvalue weighted by molar-refractivity contribution is 6.05. The van der Waals surface area contributed by atoms with Crippen LogP contribution in [0.5, 0.6) is 0 Å². The Morgan fingerprint density at radius 1 is 1.15 bits per heavy atom. The standard InChI is InChI=1S/C19H15N5O3/c25-17-4-3-14(18(26)22-17)24-10-12-7-11(1-2-13(12)19(24)27)15-8-21-16-9-20-5-6-23(15)16/h1-2,5-9,14H,3-4,10H2,(H,22,25,26). The molecule has 4 heterocycles. The molecule has 0 aliphatic carbocycles. The molecule has 5 rings (SSSR count). The van der Waals surface area contributed by atoms with E-state index in [2.05, 4.69) is 15.3 Å². The Labute approximate surface area is 153 Å². The highest BCUT2D eigenvalue weighted by Crippen LogP contribution is 2.31. The van der Waals surface area contributed by atoms with Crippen LogP contribution in [0.4, 0.5) is 0 Å². The van der Waals surface area contributed by atoms with Gasteiger partial charge in [-0.15, -0.1) is 0 Å². The molecular weight excluding hydrogens is 346 g/mol. The van der Waals surface area contributed by atoms with Gasteiger partial charge in [0.15, 0.2) is 5.65 Å². The highest BCUT2D eigenvalue weighted by atomic mass is 16.2. The first-order valence-corrected chi connectivity index (χ1v) is 8.67. The van der Waals surface area contributed by atoms with E-state index >= 15 is 0 Å². The summed E-state index contributed by atoms with van der Waals surface area (Å²) in [5.41, 5.74) is 4.05. The molecule has 0 spiro atoms. The van der Waals surface area contributed by atoms with Crippen LogP contribution in [0.3, 0.4) is 0 Å². The van der Waals surface area contributed by atoms with Crippen molar-refractivity contribution < 1.29 is 14.4 Å². The van der Waals surface area contributed by atoms with Crippen molar-refractivity contribution in [3.63, 3.8) is 0 Å². The third-order valence-corrected chi connectivity index (χ3v) is 5.14. The number of carbonyl (C=O) groups excluding carboxylic acids is 3. The molecule has 1 fully saturated rings. The number of nitrogens with zero attached hydrogens (tertiary/aromatic N) is 4. The van der Waals surface area contributed by atoms with Gasteiger partial charge < -0.3 is 4.90 Å². The molecule has 0 saturated carbocycles. The first-order chi connectivity index (χ1) is 13.1. The number of imidazole rings is 1. The number of hydrogen-bond acceptors (Lipinski definition) is 5. The lowest BCUT2D eigenvalue weighted by Gasteiger charge is -2.29. The third-order valence-electron chi connectivity index (χ3n) is 5.14. The van der Waals surface area contributed by atoms with Crippen molar-refractivity contribution in [2.75, 3.05) is 0 Å². The van der Waals surface area contributed by atoms with Crippen molar-refractivity contribution in [1.29, 1.82) is 0 Å². The summed E-state index contributed by atoms with van der Waals surface area (Å²) >= 11 is 0. The third kappa shape index (κ3) is 2.41. The van der Waals surface area contributed by atoms with Crippen LogP contribution in [0.15, 0.2) is 43.0 Å². The van der Waals surface area contributed by atoms with E-state index in [1.807, 2.05) is 22.7 Å². The Balaban J connectivity index is 1.49. The number of aromatic nitrogens is 3. The second-order valence-electron chi connectivity index (χ2n) is 6.72. The van der Waals surface area contributed by atoms with Gasteiger partial charge in [0.05, 0.1) is 18.1 Å². The average Bonchev–Trinajstić information content (AvgIpc) is 3.23. The minimum Gasteiger partial charge on any atom is -0.322 e. The number of hydrogen-bond donors (Lipinski definition) is 1. The minimum absolute atomic E-state index is 0.173. The zero-order valence-electron chi connectivity index (χ0n) is 14.3. The van der Waals surface area contributed by atoms with Crippen molar-refractivity contribution in [3.05, 3.63) is 54.1 Å². The predicted molar refractivity (Wildman–Crippen MR) is 94.5 cm³/mol. The van der Waals surface area contributed by atoms with E-state index < -0.39 is 11.9 Å². The van der Waals surface area contributed by atoms with Crippen molar-refractivity contribution in [2.24, 2.45) is 0 Å². The van der Waals surface area contributed by atoms with E-state index in [9.17, 15) is 14.4 Å². The van der Waals surface area contributed by atoms with Gasteiger partial charge in [0, 0.05) is 36.5 Å². The Morgan fingerprint density at radius 3 is 2.89 bits per heavy atom. The van der Waals surface area contributed by atoms with Crippen LogP contribution in [0.25, 0.3) is 16.9 Å². The van der Waals surface area contributed by atoms with Crippen LogP contribution in [0, 0.1) is 0 Å². The highest BCUT2D eigenvalue weighted by Gasteiger charge is 2.39. The topological polar surface area (TPSA) is 96.7 Å². The number of rotatable bonds is 2. The zero-order chi connectivity index (χ0) is 18.5. The largest absolute Gasteiger partial charge is 0.322 e. The van der Waals surface area contributed by atoms with Crippen LogP contribution < -0.4 is 5.32 Å². The Kier molecular flexibility index (Phi) is 3.33. The molecule has 27 heavy (non-hydrogen) atoms. The summed E-state index contributed by atoms with van der Waals surface area (Å²) in [4.78, 5) is 46.2. The molecule has 8 heteroatoms. The van der Waals surface area contributed by atoms with Gasteiger partial charge in [0.2, 0.25) is 11.8 Å². The molecule has 8 nitrogen and oxygen atoms in total. The molecule has 3 amide bonds. The molecule has 0 bridgehead atoms. The van der Waals surface area contributed by atoms with Gasteiger partial charge in [-0.05, 0) is 24.1 Å². The fraction of sp³-hybridized carbons (Fsp3) is 0.211. The average molecular weight is 361 g/mol. The quantitative estimate of drug-likeness (QED) is 0.691. The van der Waals surface area contributed by atoms with Crippen molar-refractivity contribution >= 4 is 23.4 Å². The number of carbonyl (C=O) groups is 3. The van der Waals surface area contributed by atoms with Gasteiger partial charge >= 0.3 is 0 Å². The fourth-order valence-electron chi connectivity index (χ4n) is 3.79. The summed E-state index contributed by atoms with van der Waals surface area (Å²) in [6.45, 7) is 0.354. The van der Waals surface area contributed by atoms with Gasteiger partial charge in [-0.3, -0.25) is 29.1 Å². The summed E-state index contributed by atoms with van der Waals surface area (Å²) in [7, 11) is 0. The number of imide groups is 1. The zero-order valence-corrected chi connectivity index (χ0v) is 14.3. The number of piperidine rings is 1. The van der Waals surface area contributed by atoms with Crippen LogP contribution in [-0.4, -0.2) is 43.0 Å². The number of nitrogens with one attached hydrogen (secondary N) is 1. The second kappa shape index (κ2) is 5.73. The lowest BCUT2D eigenvalue weighted by atomic mass is 10.0. The summed E-state index contributed by atoms with van der Waals surface area (Å²) < 4.78 is 1.93. The van der Waals surface area contributed by atoms with E-state index in [1.165, 1.54) is 0 Å². The fourth-order valence-corrected chi connectivity index (χ4v) is 3.79. The van der Waals surface area contributed by atoms with Crippen LogP contribution >= 0.6 is 0 Å². The van der Waals surface area contributed by atoms with Crippen molar-refractivity contribution in [1.82, 2.24) is 24.6 Å². The Hall–Kier alpha value is -3.55. The molecule has 1 atom stereocenters. The van der Waals surface area contributed by atoms with Gasteiger partial charge in [-0.25, -0.2) is 4.98 Å². The second-order valence-corrected chi connectivity index (χ2v) is 6.72. The van der Waals surface area contributed by atoms with Gasteiger partial charge in [0.1, 0.15) is 6.04 Å². The molecule has 1 saturated heterocycles. The van der Waals surface area contributed by atoms with Crippen LogP contribution in [-0.2, 0) is 16.1 Å². The van der Waals surface area contributed by atoms with E-state index in [0.29, 0.717) is 18.5 Å². The van der Waals surface area contributed by atoms with E-state index in [-0.39, 0.29) is 18.2 Å². The molecule has 0 radical (unpaired) electrons. The maximum absolute atomic E-state index is 12.8. The monoisotopic (exact) mass is 361 g/mol. The number of benzene rings is 1. The molecule has 1 N–H and O–H groups in total. The number of amides is 3. The minimum atomic E-state index is -0.604. The van der Waals surface area contributed by atoms with E-state index in [0.717, 1.165) is 22.5 Å². The predicted octanol–water partition coefficient (Wildman–Crippen LogP) is 1.16. The van der Waals surface area contributed by atoms with E-state index in [1.54, 1.807) is 29.6 Å². The van der Waals surface area contributed by atoms with Crippen molar-refractivity contribution in [3.8, 4) is 11.3 Å². The summed E-state index contributed by atoms with van der Waals surface area (Å²) in [5.74, 6) is -0.861. The first kappa shape index (κ1) is 15.7. The molecule has 2 aliphatic rings. The number of fused-ring (bicyclic) bond motifs is 2. The molecule has 3 aromatic rings. The Morgan fingerprint density at radius 2 is 2.04 bits per heavy atom. The molecular formula is C19H15N5O3. The SMILES string of the molecule is O=C1CCC(N2Cc3cc(-c4cnc5cnccn45)ccc3C2=O)C(=O)N1. The van der Waals surface area contributed by atoms with Gasteiger partial charge in [0.25, 0.3) is 5.91 Å². The normalized spacial score (nSPS) is 19.5. The lowest BCUT2D eigenvalue weighted by molar-refractivity contribution is -0.136. The molecule has 134 valence electrons. The van der Waals surface area contributed by atoms with Crippen LogP contribution in [0.1, 0.15) is 28.8 Å². The molecule has 1 unspecified atom stereocenters. The van der Waals surface area contributed by atoms with Crippen LogP contribution in [0.2, 0.25) is 0 Å². The van der Waals surface area contributed by atoms with Gasteiger partial charge in [-0.2, -0.15) is 0 Å².